The Morgan fingerprint density at radius 3 is 2.48 bits per heavy atom. The lowest BCUT2D eigenvalue weighted by molar-refractivity contribution is -0.129. The van der Waals surface area contributed by atoms with Crippen LogP contribution in [0.5, 0.6) is 0 Å². The Morgan fingerprint density at radius 1 is 1.26 bits per heavy atom. The van der Waals surface area contributed by atoms with Crippen LogP contribution in [0.15, 0.2) is 41.6 Å². The highest BCUT2D eigenvalue weighted by atomic mass is 32.2. The first-order valence-corrected chi connectivity index (χ1v) is 10.3. The molecular formula is C18H21FN4O3S. The molecule has 0 unspecified atom stereocenters. The number of aromatic nitrogens is 2. The average Bonchev–Trinajstić information content (AvgIpc) is 3.33. The molecule has 1 aromatic carbocycles. The van der Waals surface area contributed by atoms with Gasteiger partial charge in [0, 0.05) is 32.5 Å². The van der Waals surface area contributed by atoms with Crippen LogP contribution in [0, 0.1) is 17.7 Å². The number of nitrogens with one attached hydrogen (secondary N) is 1. The van der Waals surface area contributed by atoms with Crippen molar-refractivity contribution in [1.29, 1.82) is 0 Å². The molecule has 2 heterocycles. The van der Waals surface area contributed by atoms with E-state index in [9.17, 15) is 17.6 Å². The zero-order valence-electron chi connectivity index (χ0n) is 14.9. The molecule has 2 aromatic rings. The van der Waals surface area contributed by atoms with Gasteiger partial charge in [-0.1, -0.05) is 0 Å². The minimum absolute atomic E-state index is 0.0339. The number of hydrogen-bond donors (Lipinski definition) is 1. The summed E-state index contributed by atoms with van der Waals surface area (Å²) in [5, 5.41) is 3.05. The Kier molecular flexibility index (Phi) is 4.51. The van der Waals surface area contributed by atoms with Gasteiger partial charge in [-0.2, -0.15) is 4.31 Å². The smallest absolute Gasteiger partial charge is 0.243 e. The normalized spacial score (nSPS) is 19.5. The van der Waals surface area contributed by atoms with Crippen molar-refractivity contribution in [2.75, 3.05) is 13.1 Å². The van der Waals surface area contributed by atoms with E-state index < -0.39 is 15.8 Å². The van der Waals surface area contributed by atoms with Crippen molar-refractivity contribution >= 4 is 15.9 Å². The summed E-state index contributed by atoms with van der Waals surface area (Å²) >= 11 is 0. The minimum Gasteiger partial charge on any atom is -0.346 e. The van der Waals surface area contributed by atoms with Crippen molar-refractivity contribution in [3.63, 3.8) is 0 Å². The van der Waals surface area contributed by atoms with E-state index in [1.165, 1.54) is 16.4 Å². The second-order valence-corrected chi connectivity index (χ2v) is 9.13. The summed E-state index contributed by atoms with van der Waals surface area (Å²) in [6.45, 7) is 0.257. The van der Waals surface area contributed by atoms with Crippen LogP contribution in [-0.4, -0.2) is 41.3 Å². The summed E-state index contributed by atoms with van der Waals surface area (Å²) in [5.74, 6) is 0.174. The highest BCUT2D eigenvalue weighted by Crippen LogP contribution is 2.40. The number of amides is 1. The van der Waals surface area contributed by atoms with Crippen LogP contribution in [0.25, 0.3) is 0 Å². The molecule has 144 valence electrons. The van der Waals surface area contributed by atoms with Crippen LogP contribution in [0.3, 0.4) is 0 Å². The fourth-order valence-corrected chi connectivity index (χ4v) is 4.86. The lowest BCUT2D eigenvalue weighted by atomic mass is 10.0. The van der Waals surface area contributed by atoms with E-state index in [0.717, 1.165) is 30.8 Å². The van der Waals surface area contributed by atoms with Crippen molar-refractivity contribution in [3.05, 3.63) is 48.3 Å². The standard InChI is InChI=1S/C18H21FN4O3S/c1-22-9-8-20-17(22)16(12-2-3-12)21-18(24)13-10-23(11-13)27(25,26)15-6-4-14(19)5-7-15/h4-9,12-13,16H,2-3,10-11H2,1H3,(H,21,24)/t16-/m1/s1. The Labute approximate surface area is 157 Å². The average molecular weight is 392 g/mol. The zero-order chi connectivity index (χ0) is 19.2. The van der Waals surface area contributed by atoms with E-state index in [-0.39, 0.29) is 35.9 Å². The molecule has 9 heteroatoms. The number of imidazole rings is 1. The topological polar surface area (TPSA) is 84.3 Å². The summed E-state index contributed by atoms with van der Waals surface area (Å²) in [7, 11) is -1.80. The monoisotopic (exact) mass is 392 g/mol. The van der Waals surface area contributed by atoms with Crippen molar-refractivity contribution in [2.24, 2.45) is 18.9 Å². The van der Waals surface area contributed by atoms with Crippen LogP contribution < -0.4 is 5.32 Å². The number of sulfonamides is 1. The fraction of sp³-hybridized carbons (Fsp3) is 0.444. The molecule has 0 spiro atoms. The number of rotatable bonds is 6. The molecule has 1 saturated carbocycles. The molecule has 1 aliphatic carbocycles. The molecule has 2 fully saturated rings. The molecule has 1 N–H and O–H groups in total. The van der Waals surface area contributed by atoms with Gasteiger partial charge in [0.05, 0.1) is 16.9 Å². The van der Waals surface area contributed by atoms with Gasteiger partial charge in [0.25, 0.3) is 0 Å². The SMILES string of the molecule is Cn1ccnc1[C@H](NC(=O)C1CN(S(=O)(=O)c2ccc(F)cc2)C1)C1CC1. The van der Waals surface area contributed by atoms with Crippen LogP contribution in [0.1, 0.15) is 24.7 Å². The summed E-state index contributed by atoms with van der Waals surface area (Å²) in [5.41, 5.74) is 0. The van der Waals surface area contributed by atoms with Crippen LogP contribution >= 0.6 is 0 Å². The molecular weight excluding hydrogens is 371 g/mol. The number of halogens is 1. The van der Waals surface area contributed by atoms with Gasteiger partial charge in [-0.25, -0.2) is 17.8 Å². The highest BCUT2D eigenvalue weighted by Gasteiger charge is 2.43. The van der Waals surface area contributed by atoms with E-state index in [1.807, 2.05) is 17.8 Å². The fourth-order valence-electron chi connectivity index (χ4n) is 3.33. The van der Waals surface area contributed by atoms with Gasteiger partial charge in [-0.3, -0.25) is 4.79 Å². The first kappa shape index (κ1) is 18.1. The van der Waals surface area contributed by atoms with Gasteiger partial charge in [0.2, 0.25) is 15.9 Å². The van der Waals surface area contributed by atoms with Gasteiger partial charge in [-0.05, 0) is 43.0 Å². The van der Waals surface area contributed by atoms with Gasteiger partial charge in [0.15, 0.2) is 0 Å². The van der Waals surface area contributed by atoms with Crippen LogP contribution in [-0.2, 0) is 21.9 Å². The number of aryl methyl sites for hydroxylation is 1. The maximum atomic E-state index is 13.0. The summed E-state index contributed by atoms with van der Waals surface area (Å²) in [6, 6.07) is 4.57. The van der Waals surface area contributed by atoms with Gasteiger partial charge < -0.3 is 9.88 Å². The maximum Gasteiger partial charge on any atom is 0.243 e. The molecule has 1 atom stereocenters. The predicted molar refractivity (Wildman–Crippen MR) is 95.5 cm³/mol. The molecule has 1 amide bonds. The largest absolute Gasteiger partial charge is 0.346 e. The molecule has 0 bridgehead atoms. The second-order valence-electron chi connectivity index (χ2n) is 7.19. The third kappa shape index (κ3) is 3.49. The van der Waals surface area contributed by atoms with E-state index in [1.54, 1.807) is 6.20 Å². The lowest BCUT2D eigenvalue weighted by Crippen LogP contribution is -2.56. The van der Waals surface area contributed by atoms with Crippen molar-refractivity contribution < 1.29 is 17.6 Å². The van der Waals surface area contributed by atoms with E-state index in [2.05, 4.69) is 10.3 Å². The summed E-state index contributed by atoms with van der Waals surface area (Å²) in [4.78, 5) is 17.0. The molecule has 4 rings (SSSR count). The van der Waals surface area contributed by atoms with Gasteiger partial charge in [-0.15, -0.1) is 0 Å². The van der Waals surface area contributed by atoms with E-state index >= 15 is 0 Å². The predicted octanol–water partition coefficient (Wildman–Crippen LogP) is 1.45. The molecule has 1 aliphatic heterocycles. The quantitative estimate of drug-likeness (QED) is 0.806. The lowest BCUT2D eigenvalue weighted by Gasteiger charge is -2.37. The third-order valence-corrected chi connectivity index (χ3v) is 7.04. The van der Waals surface area contributed by atoms with Gasteiger partial charge >= 0.3 is 0 Å². The number of hydrogen-bond acceptors (Lipinski definition) is 4. The number of carbonyl (C=O) groups excluding carboxylic acids is 1. The number of benzene rings is 1. The highest BCUT2D eigenvalue weighted by molar-refractivity contribution is 7.89. The third-order valence-electron chi connectivity index (χ3n) is 5.20. The zero-order valence-corrected chi connectivity index (χ0v) is 15.7. The molecule has 27 heavy (non-hydrogen) atoms. The van der Waals surface area contributed by atoms with Crippen molar-refractivity contribution in [3.8, 4) is 0 Å². The molecule has 2 aliphatic rings. The Balaban J connectivity index is 1.39. The Hall–Kier alpha value is -2.26. The van der Waals surface area contributed by atoms with Gasteiger partial charge in [0.1, 0.15) is 11.6 Å². The minimum atomic E-state index is -3.70. The number of carbonyl (C=O) groups is 1. The summed E-state index contributed by atoms with van der Waals surface area (Å²) < 4.78 is 41.2. The van der Waals surface area contributed by atoms with E-state index in [4.69, 9.17) is 0 Å². The van der Waals surface area contributed by atoms with E-state index in [0.29, 0.717) is 5.92 Å². The Bertz CT molecular complexity index is 947. The Morgan fingerprint density at radius 2 is 1.93 bits per heavy atom. The molecule has 1 aromatic heterocycles. The maximum absolute atomic E-state index is 13.0. The van der Waals surface area contributed by atoms with Crippen molar-refractivity contribution in [2.45, 2.75) is 23.8 Å². The van der Waals surface area contributed by atoms with Crippen LogP contribution in [0.2, 0.25) is 0 Å². The summed E-state index contributed by atoms with van der Waals surface area (Å²) in [6.07, 6.45) is 5.65. The molecule has 1 saturated heterocycles. The van der Waals surface area contributed by atoms with Crippen molar-refractivity contribution in [1.82, 2.24) is 19.2 Å². The second kappa shape index (κ2) is 6.72. The number of nitrogens with zero attached hydrogens (tertiary/aromatic N) is 3. The first-order valence-electron chi connectivity index (χ1n) is 8.89. The van der Waals surface area contributed by atoms with Crippen LogP contribution in [0.4, 0.5) is 4.39 Å². The molecule has 0 radical (unpaired) electrons. The first-order chi connectivity index (χ1) is 12.9. The molecule has 7 nitrogen and oxygen atoms in total.